The summed E-state index contributed by atoms with van der Waals surface area (Å²) in [6.45, 7) is 2.77. The second-order valence-corrected chi connectivity index (χ2v) is 5.72. The summed E-state index contributed by atoms with van der Waals surface area (Å²) in [6, 6.07) is 11.9. The molecule has 0 radical (unpaired) electrons. The maximum absolute atomic E-state index is 12.1. The first-order valence-electron chi connectivity index (χ1n) is 8.54. The van der Waals surface area contributed by atoms with Crippen LogP contribution in [0.15, 0.2) is 61.1 Å². The van der Waals surface area contributed by atoms with Gasteiger partial charge in [0.25, 0.3) is 5.91 Å². The van der Waals surface area contributed by atoms with Crippen molar-refractivity contribution in [1.29, 1.82) is 0 Å². The molecule has 8 heteroatoms. The standard InChI is InChI=1S/C19H20N6O2/c1-2-20-18(26)15-4-6-16(7-5-15)24-19(27)22-13-14-8-10-21-17(12-14)25-11-3-9-23-25/h3-12H,2,13H2,1H3,(H,20,26)(H2,22,24,27). The molecule has 0 fully saturated rings. The fraction of sp³-hybridized carbons (Fsp3) is 0.158. The molecule has 3 rings (SSSR count). The first-order chi connectivity index (χ1) is 13.2. The van der Waals surface area contributed by atoms with E-state index >= 15 is 0 Å². The van der Waals surface area contributed by atoms with Gasteiger partial charge in [0.15, 0.2) is 5.82 Å². The van der Waals surface area contributed by atoms with Crippen LogP contribution in [-0.4, -0.2) is 33.2 Å². The molecule has 0 unspecified atom stereocenters. The lowest BCUT2D eigenvalue weighted by molar-refractivity contribution is 0.0956. The van der Waals surface area contributed by atoms with E-state index in [1.165, 1.54) is 0 Å². The molecule has 0 aliphatic rings. The van der Waals surface area contributed by atoms with Crippen LogP contribution >= 0.6 is 0 Å². The van der Waals surface area contributed by atoms with Gasteiger partial charge in [-0.25, -0.2) is 14.5 Å². The van der Waals surface area contributed by atoms with E-state index in [9.17, 15) is 9.59 Å². The topological polar surface area (TPSA) is 101 Å². The summed E-state index contributed by atoms with van der Waals surface area (Å²) in [5.41, 5.74) is 2.05. The predicted molar refractivity (Wildman–Crippen MR) is 102 cm³/mol. The van der Waals surface area contributed by atoms with Gasteiger partial charge in [0.2, 0.25) is 0 Å². The maximum Gasteiger partial charge on any atom is 0.319 e. The van der Waals surface area contributed by atoms with Crippen molar-refractivity contribution in [3.8, 4) is 5.82 Å². The van der Waals surface area contributed by atoms with Crippen molar-refractivity contribution >= 4 is 17.6 Å². The monoisotopic (exact) mass is 364 g/mol. The molecule has 3 amide bonds. The van der Waals surface area contributed by atoms with E-state index in [0.717, 1.165) is 5.56 Å². The Morgan fingerprint density at radius 3 is 2.59 bits per heavy atom. The molecule has 138 valence electrons. The summed E-state index contributed by atoms with van der Waals surface area (Å²) in [5.74, 6) is 0.542. The van der Waals surface area contributed by atoms with E-state index in [1.807, 2.05) is 25.1 Å². The highest BCUT2D eigenvalue weighted by atomic mass is 16.2. The third-order valence-electron chi connectivity index (χ3n) is 3.74. The Balaban J connectivity index is 1.54. The molecular weight excluding hydrogens is 344 g/mol. The van der Waals surface area contributed by atoms with Crippen molar-refractivity contribution in [2.45, 2.75) is 13.5 Å². The summed E-state index contributed by atoms with van der Waals surface area (Å²) in [5, 5.41) is 12.4. The molecule has 0 spiro atoms. The lowest BCUT2D eigenvalue weighted by atomic mass is 10.2. The second kappa shape index (κ2) is 8.61. The van der Waals surface area contributed by atoms with Gasteiger partial charge in [-0.15, -0.1) is 0 Å². The van der Waals surface area contributed by atoms with E-state index in [2.05, 4.69) is 26.0 Å². The number of hydrogen-bond acceptors (Lipinski definition) is 4. The Kier molecular flexibility index (Phi) is 5.78. The first kappa shape index (κ1) is 18.1. The average Bonchev–Trinajstić information content (AvgIpc) is 3.22. The van der Waals surface area contributed by atoms with Gasteiger partial charge in [-0.2, -0.15) is 5.10 Å². The van der Waals surface area contributed by atoms with Gasteiger partial charge >= 0.3 is 6.03 Å². The van der Waals surface area contributed by atoms with Crippen LogP contribution in [0.1, 0.15) is 22.8 Å². The lowest BCUT2D eigenvalue weighted by Crippen LogP contribution is -2.28. The normalized spacial score (nSPS) is 10.3. The van der Waals surface area contributed by atoms with Crippen LogP contribution in [0.25, 0.3) is 5.82 Å². The van der Waals surface area contributed by atoms with Gasteiger partial charge < -0.3 is 16.0 Å². The van der Waals surface area contributed by atoms with E-state index in [-0.39, 0.29) is 11.9 Å². The van der Waals surface area contributed by atoms with Crippen LogP contribution in [0.2, 0.25) is 0 Å². The Morgan fingerprint density at radius 2 is 1.89 bits per heavy atom. The molecule has 0 saturated carbocycles. The number of nitrogens with zero attached hydrogens (tertiary/aromatic N) is 3. The van der Waals surface area contributed by atoms with Gasteiger partial charge in [0.1, 0.15) is 0 Å². The summed E-state index contributed by atoms with van der Waals surface area (Å²) >= 11 is 0. The van der Waals surface area contributed by atoms with E-state index in [0.29, 0.717) is 30.2 Å². The zero-order chi connectivity index (χ0) is 19.1. The fourth-order valence-corrected chi connectivity index (χ4v) is 2.43. The Bertz CT molecular complexity index is 906. The summed E-state index contributed by atoms with van der Waals surface area (Å²) < 4.78 is 1.65. The van der Waals surface area contributed by atoms with E-state index in [4.69, 9.17) is 0 Å². The van der Waals surface area contributed by atoms with Crippen LogP contribution in [-0.2, 0) is 6.54 Å². The number of benzene rings is 1. The molecule has 0 bridgehead atoms. The predicted octanol–water partition coefficient (Wildman–Crippen LogP) is 2.34. The Labute approximate surface area is 156 Å². The van der Waals surface area contributed by atoms with Crippen LogP contribution in [0.5, 0.6) is 0 Å². The summed E-state index contributed by atoms with van der Waals surface area (Å²) in [6.07, 6.45) is 5.15. The van der Waals surface area contributed by atoms with Crippen molar-refractivity contribution in [1.82, 2.24) is 25.4 Å². The van der Waals surface area contributed by atoms with Gasteiger partial charge in [0, 0.05) is 42.9 Å². The summed E-state index contributed by atoms with van der Waals surface area (Å²) in [7, 11) is 0. The van der Waals surface area contributed by atoms with Crippen molar-refractivity contribution in [2.75, 3.05) is 11.9 Å². The molecule has 3 aromatic rings. The highest BCUT2D eigenvalue weighted by molar-refractivity contribution is 5.95. The fourth-order valence-electron chi connectivity index (χ4n) is 2.43. The van der Waals surface area contributed by atoms with Crippen LogP contribution in [0.4, 0.5) is 10.5 Å². The lowest BCUT2D eigenvalue weighted by Gasteiger charge is -2.09. The number of carbonyl (C=O) groups is 2. The van der Waals surface area contributed by atoms with Crippen LogP contribution in [0, 0.1) is 0 Å². The third-order valence-corrected chi connectivity index (χ3v) is 3.74. The Hall–Kier alpha value is -3.68. The number of anilines is 1. The van der Waals surface area contributed by atoms with E-state index < -0.39 is 0 Å². The highest BCUT2D eigenvalue weighted by Gasteiger charge is 2.06. The quantitative estimate of drug-likeness (QED) is 0.625. The largest absolute Gasteiger partial charge is 0.352 e. The smallest absolute Gasteiger partial charge is 0.319 e. The zero-order valence-electron chi connectivity index (χ0n) is 14.8. The number of hydrogen-bond donors (Lipinski definition) is 3. The van der Waals surface area contributed by atoms with Crippen molar-refractivity contribution < 1.29 is 9.59 Å². The Morgan fingerprint density at radius 1 is 1.07 bits per heavy atom. The molecule has 0 aliphatic heterocycles. The van der Waals surface area contributed by atoms with Gasteiger partial charge in [0.05, 0.1) is 0 Å². The van der Waals surface area contributed by atoms with Gasteiger partial charge in [-0.3, -0.25) is 4.79 Å². The van der Waals surface area contributed by atoms with Crippen LogP contribution < -0.4 is 16.0 Å². The number of aromatic nitrogens is 3. The van der Waals surface area contributed by atoms with Gasteiger partial charge in [-0.1, -0.05) is 0 Å². The number of nitrogens with one attached hydrogen (secondary N) is 3. The third kappa shape index (κ3) is 4.91. The number of rotatable bonds is 6. The number of carbonyl (C=O) groups excluding carboxylic acids is 2. The molecule has 2 aromatic heterocycles. The average molecular weight is 364 g/mol. The minimum Gasteiger partial charge on any atom is -0.352 e. The zero-order valence-corrected chi connectivity index (χ0v) is 14.8. The second-order valence-electron chi connectivity index (χ2n) is 5.72. The molecule has 3 N–H and O–H groups in total. The van der Waals surface area contributed by atoms with Crippen molar-refractivity contribution in [3.05, 3.63) is 72.2 Å². The molecule has 27 heavy (non-hydrogen) atoms. The molecule has 0 atom stereocenters. The molecule has 0 aliphatic carbocycles. The van der Waals surface area contributed by atoms with E-state index in [1.54, 1.807) is 47.5 Å². The number of pyridine rings is 1. The maximum atomic E-state index is 12.1. The molecule has 8 nitrogen and oxygen atoms in total. The molecule has 1 aromatic carbocycles. The molecular formula is C19H20N6O2. The minimum absolute atomic E-state index is 0.140. The summed E-state index contributed by atoms with van der Waals surface area (Å²) in [4.78, 5) is 28.1. The van der Waals surface area contributed by atoms with Gasteiger partial charge in [-0.05, 0) is 55.0 Å². The molecule has 2 heterocycles. The van der Waals surface area contributed by atoms with Crippen molar-refractivity contribution in [2.24, 2.45) is 0 Å². The van der Waals surface area contributed by atoms with Crippen molar-refractivity contribution in [3.63, 3.8) is 0 Å². The first-order valence-corrected chi connectivity index (χ1v) is 8.54. The number of urea groups is 1. The number of amides is 3. The highest BCUT2D eigenvalue weighted by Crippen LogP contribution is 2.10. The molecule has 0 saturated heterocycles. The SMILES string of the molecule is CCNC(=O)c1ccc(NC(=O)NCc2ccnc(-n3cccn3)c2)cc1. The minimum atomic E-state index is -0.335. The van der Waals surface area contributed by atoms with Crippen LogP contribution in [0.3, 0.4) is 0 Å².